The molecule has 198 valence electrons. The van der Waals surface area contributed by atoms with E-state index >= 15 is 0 Å². The highest BCUT2D eigenvalue weighted by Gasteiger charge is 2.61. The van der Waals surface area contributed by atoms with Crippen LogP contribution in [0.4, 0.5) is 5.69 Å². The van der Waals surface area contributed by atoms with Crippen LogP contribution in [0.5, 0.6) is 11.5 Å². The summed E-state index contributed by atoms with van der Waals surface area (Å²) in [5.74, 6) is -0.148. The highest BCUT2D eigenvalue weighted by molar-refractivity contribution is 9.10. The van der Waals surface area contributed by atoms with Crippen molar-refractivity contribution in [3.8, 4) is 17.6 Å². The van der Waals surface area contributed by atoms with Crippen molar-refractivity contribution in [3.63, 3.8) is 0 Å². The molecule has 40 heavy (non-hydrogen) atoms. The molecule has 0 saturated carbocycles. The molecule has 0 aliphatic carbocycles. The van der Waals surface area contributed by atoms with Gasteiger partial charge in [-0.2, -0.15) is 5.26 Å². The van der Waals surface area contributed by atoms with Crippen molar-refractivity contribution in [1.82, 2.24) is 5.32 Å². The predicted molar refractivity (Wildman–Crippen MR) is 157 cm³/mol. The first-order chi connectivity index (χ1) is 19.3. The number of rotatable bonds is 4. The monoisotopic (exact) mass is 631 g/mol. The van der Waals surface area contributed by atoms with Crippen LogP contribution in [-0.2, 0) is 15.0 Å². The molecule has 1 saturated heterocycles. The number of anilines is 1. The normalized spacial score (nSPS) is 21.4. The minimum Gasteiger partial charge on any atom is -0.457 e. The summed E-state index contributed by atoms with van der Waals surface area (Å²) >= 11 is 16.3. The first kappa shape index (κ1) is 26.4. The Bertz CT molecular complexity index is 1740. The van der Waals surface area contributed by atoms with Gasteiger partial charge in [0.15, 0.2) is 0 Å². The number of halogens is 3. The summed E-state index contributed by atoms with van der Waals surface area (Å²) in [7, 11) is 0. The van der Waals surface area contributed by atoms with Crippen LogP contribution in [-0.4, -0.2) is 11.8 Å². The van der Waals surface area contributed by atoms with Crippen LogP contribution in [0, 0.1) is 11.3 Å². The van der Waals surface area contributed by atoms with E-state index in [1.807, 2.05) is 30.3 Å². The van der Waals surface area contributed by atoms with E-state index in [4.69, 9.17) is 27.9 Å². The number of carbonyl (C=O) groups is 2. The van der Waals surface area contributed by atoms with Crippen molar-refractivity contribution in [3.05, 3.63) is 122 Å². The van der Waals surface area contributed by atoms with Gasteiger partial charge in [0.25, 0.3) is 0 Å². The second kappa shape index (κ2) is 10.3. The third-order valence-electron chi connectivity index (χ3n) is 7.48. The van der Waals surface area contributed by atoms with E-state index in [0.717, 1.165) is 10.0 Å². The molecule has 2 N–H and O–H groups in total. The molecule has 6 nitrogen and oxygen atoms in total. The number of carbonyl (C=O) groups excluding carboxylic acids is 2. The molecule has 9 heteroatoms. The third kappa shape index (κ3) is 4.43. The topological polar surface area (TPSA) is 91.2 Å². The fourth-order valence-electron chi connectivity index (χ4n) is 5.86. The molecule has 0 bridgehead atoms. The molecule has 1 fully saturated rings. The predicted octanol–water partition coefficient (Wildman–Crippen LogP) is 7.65. The van der Waals surface area contributed by atoms with Gasteiger partial charge in [-0.1, -0.05) is 63.4 Å². The standard InChI is InChI=1S/C31H20BrCl2N3O3/c32-19-7-10-27(40-22-6-1-3-17(11-22)16-35)23(13-19)29-31(24-9-8-21(34)14-26(24)36-30(31)39)25(15-28(38)37-29)18-4-2-5-20(33)12-18/h1-14,25,29H,15H2,(H,36,39)(H,37,38)/t25-,29+,31-/m0/s1. The van der Waals surface area contributed by atoms with Gasteiger partial charge in [-0.25, -0.2) is 0 Å². The Morgan fingerprint density at radius 3 is 2.55 bits per heavy atom. The summed E-state index contributed by atoms with van der Waals surface area (Å²) in [6.07, 6.45) is 0.0702. The number of piperidine rings is 1. The van der Waals surface area contributed by atoms with Gasteiger partial charge in [-0.15, -0.1) is 0 Å². The molecule has 1 spiro atoms. The number of hydrogen-bond donors (Lipinski definition) is 2. The lowest BCUT2D eigenvalue weighted by Gasteiger charge is -2.46. The number of nitrogens with zero attached hydrogens (tertiary/aromatic N) is 1. The zero-order chi connectivity index (χ0) is 28.0. The summed E-state index contributed by atoms with van der Waals surface area (Å²) < 4.78 is 7.04. The number of ether oxygens (including phenoxy) is 1. The lowest BCUT2D eigenvalue weighted by Crippen LogP contribution is -2.56. The average Bonchev–Trinajstić information content (AvgIpc) is 3.21. The molecular formula is C31H20BrCl2N3O3. The molecule has 2 aliphatic rings. The maximum atomic E-state index is 14.3. The van der Waals surface area contributed by atoms with E-state index in [9.17, 15) is 14.9 Å². The minimum absolute atomic E-state index is 0.0702. The van der Waals surface area contributed by atoms with Crippen molar-refractivity contribution in [2.75, 3.05) is 5.32 Å². The van der Waals surface area contributed by atoms with Gasteiger partial charge in [0, 0.05) is 38.1 Å². The van der Waals surface area contributed by atoms with E-state index in [2.05, 4.69) is 32.6 Å². The fourth-order valence-corrected chi connectivity index (χ4v) is 6.61. The van der Waals surface area contributed by atoms with Crippen LogP contribution in [0.1, 0.15) is 40.6 Å². The quantitative estimate of drug-likeness (QED) is 0.242. The van der Waals surface area contributed by atoms with Gasteiger partial charge in [-0.05, 0) is 71.8 Å². The zero-order valence-corrected chi connectivity index (χ0v) is 23.8. The van der Waals surface area contributed by atoms with Crippen LogP contribution in [0.3, 0.4) is 0 Å². The Balaban J connectivity index is 1.60. The Morgan fingerprint density at radius 1 is 0.950 bits per heavy atom. The van der Waals surface area contributed by atoms with Gasteiger partial charge in [0.1, 0.15) is 16.9 Å². The average molecular weight is 633 g/mol. The SMILES string of the molecule is N#Cc1cccc(Oc2ccc(Br)cc2[C@H]2NC(=O)C[C@@H](c3cccc(Cl)c3)[C@]23C(=O)Nc2cc(Cl)ccc23)c1. The number of nitrogens with one attached hydrogen (secondary N) is 2. The number of benzene rings is 4. The molecule has 2 aliphatic heterocycles. The summed E-state index contributed by atoms with van der Waals surface area (Å²) in [5.41, 5.74) is 1.85. The molecule has 0 radical (unpaired) electrons. The number of hydrogen-bond acceptors (Lipinski definition) is 4. The minimum atomic E-state index is -1.26. The Hall–Kier alpha value is -3.83. The molecule has 6 rings (SSSR count). The summed E-state index contributed by atoms with van der Waals surface area (Å²) in [6.45, 7) is 0. The van der Waals surface area contributed by atoms with Gasteiger partial charge < -0.3 is 15.4 Å². The van der Waals surface area contributed by atoms with E-state index in [0.29, 0.717) is 43.9 Å². The van der Waals surface area contributed by atoms with Gasteiger partial charge in [-0.3, -0.25) is 9.59 Å². The molecule has 0 unspecified atom stereocenters. The molecule has 4 aromatic rings. The highest BCUT2D eigenvalue weighted by atomic mass is 79.9. The molecule has 2 amide bonds. The summed E-state index contributed by atoms with van der Waals surface area (Å²) in [5, 5.41) is 16.5. The van der Waals surface area contributed by atoms with Crippen LogP contribution in [0.15, 0.2) is 89.4 Å². The highest BCUT2D eigenvalue weighted by Crippen LogP contribution is 2.58. The van der Waals surface area contributed by atoms with Crippen LogP contribution in [0.2, 0.25) is 10.0 Å². The molecule has 2 heterocycles. The van der Waals surface area contributed by atoms with Crippen LogP contribution in [0.25, 0.3) is 0 Å². The third-order valence-corrected chi connectivity index (χ3v) is 8.44. The van der Waals surface area contributed by atoms with E-state index in [1.165, 1.54) is 0 Å². The summed E-state index contributed by atoms with van der Waals surface area (Å²) in [4.78, 5) is 27.7. The van der Waals surface area contributed by atoms with Crippen molar-refractivity contribution in [2.45, 2.75) is 23.8 Å². The molecular weight excluding hydrogens is 613 g/mol. The van der Waals surface area contributed by atoms with Gasteiger partial charge in [0.2, 0.25) is 11.8 Å². The van der Waals surface area contributed by atoms with Crippen molar-refractivity contribution in [1.29, 1.82) is 5.26 Å². The maximum Gasteiger partial charge on any atom is 0.238 e. The number of amides is 2. The van der Waals surface area contributed by atoms with Gasteiger partial charge >= 0.3 is 0 Å². The second-order valence-corrected chi connectivity index (χ2v) is 11.5. The Kier molecular flexibility index (Phi) is 6.79. The number of fused-ring (bicyclic) bond motifs is 2. The van der Waals surface area contributed by atoms with E-state index in [1.54, 1.807) is 54.6 Å². The maximum absolute atomic E-state index is 14.3. The second-order valence-electron chi connectivity index (χ2n) is 9.75. The largest absolute Gasteiger partial charge is 0.457 e. The lowest BCUT2D eigenvalue weighted by molar-refractivity contribution is -0.131. The Morgan fingerprint density at radius 2 is 1.75 bits per heavy atom. The van der Waals surface area contributed by atoms with E-state index < -0.39 is 17.4 Å². The first-order valence-corrected chi connectivity index (χ1v) is 14.0. The molecule has 0 aromatic heterocycles. The fraction of sp³-hybridized carbons (Fsp3) is 0.129. The molecule has 3 atom stereocenters. The van der Waals surface area contributed by atoms with Crippen molar-refractivity contribution >= 4 is 56.6 Å². The lowest BCUT2D eigenvalue weighted by atomic mass is 9.59. The van der Waals surface area contributed by atoms with Crippen LogP contribution >= 0.6 is 39.1 Å². The molecule has 4 aromatic carbocycles. The van der Waals surface area contributed by atoms with Crippen molar-refractivity contribution in [2.24, 2.45) is 0 Å². The van der Waals surface area contributed by atoms with Crippen molar-refractivity contribution < 1.29 is 14.3 Å². The van der Waals surface area contributed by atoms with Gasteiger partial charge in [0.05, 0.1) is 17.7 Å². The van der Waals surface area contributed by atoms with Crippen LogP contribution < -0.4 is 15.4 Å². The zero-order valence-electron chi connectivity index (χ0n) is 20.8. The number of nitriles is 1. The summed E-state index contributed by atoms with van der Waals surface area (Å²) in [6, 6.07) is 26.1. The first-order valence-electron chi connectivity index (χ1n) is 12.4. The smallest absolute Gasteiger partial charge is 0.238 e. The van der Waals surface area contributed by atoms with E-state index in [-0.39, 0.29) is 18.2 Å². The Labute approximate surface area is 249 Å².